The second-order valence-electron chi connectivity index (χ2n) is 5.76. The Balaban J connectivity index is 1.53. The molecule has 0 atom stereocenters. The van der Waals surface area contributed by atoms with E-state index in [1.807, 2.05) is 30.3 Å². The first-order valence-electron chi connectivity index (χ1n) is 8.29. The number of thioether (sulfide) groups is 1. The predicted octanol–water partition coefficient (Wildman–Crippen LogP) is 4.27. The van der Waals surface area contributed by atoms with Crippen LogP contribution in [0.5, 0.6) is 11.5 Å². The summed E-state index contributed by atoms with van der Waals surface area (Å²) >= 11 is 1.54. The normalized spacial score (nSPS) is 10.5. The molecule has 0 bridgehead atoms. The number of rotatable bonds is 7. The third kappa shape index (κ3) is 4.49. The summed E-state index contributed by atoms with van der Waals surface area (Å²) in [7, 11) is 3.20. The minimum Gasteiger partial charge on any atom is -0.493 e. The molecule has 5 heteroatoms. The van der Waals surface area contributed by atoms with Crippen LogP contribution in [0.1, 0.15) is 5.56 Å². The van der Waals surface area contributed by atoms with Crippen LogP contribution in [0.3, 0.4) is 0 Å². The van der Waals surface area contributed by atoms with Crippen LogP contribution in [0.2, 0.25) is 0 Å². The van der Waals surface area contributed by atoms with Crippen molar-refractivity contribution in [3.8, 4) is 11.5 Å². The molecule has 3 aromatic carbocycles. The largest absolute Gasteiger partial charge is 0.493 e. The van der Waals surface area contributed by atoms with Crippen molar-refractivity contribution in [2.24, 2.45) is 0 Å². The quantitative estimate of drug-likeness (QED) is 0.634. The molecule has 1 amide bonds. The average molecular weight is 367 g/mol. The molecule has 1 N–H and O–H groups in total. The van der Waals surface area contributed by atoms with E-state index in [1.165, 1.54) is 22.5 Å². The van der Waals surface area contributed by atoms with Gasteiger partial charge in [-0.1, -0.05) is 36.4 Å². The van der Waals surface area contributed by atoms with Gasteiger partial charge in [0, 0.05) is 11.4 Å². The Morgan fingerprint density at radius 2 is 1.69 bits per heavy atom. The molecule has 3 rings (SSSR count). The smallest absolute Gasteiger partial charge is 0.230 e. The number of nitrogens with one attached hydrogen (secondary N) is 1. The molecule has 0 aliphatic heterocycles. The summed E-state index contributed by atoms with van der Waals surface area (Å²) < 4.78 is 10.5. The lowest BCUT2D eigenvalue weighted by atomic mass is 10.1. The van der Waals surface area contributed by atoms with Gasteiger partial charge in [0.15, 0.2) is 11.5 Å². The van der Waals surface area contributed by atoms with Gasteiger partial charge in [-0.25, -0.2) is 0 Å². The molecule has 0 aliphatic rings. The molecule has 0 radical (unpaired) electrons. The first-order valence-corrected chi connectivity index (χ1v) is 9.27. The molecule has 0 aliphatic carbocycles. The molecule has 0 heterocycles. The van der Waals surface area contributed by atoms with E-state index in [0.29, 0.717) is 23.8 Å². The van der Waals surface area contributed by atoms with Crippen LogP contribution in [-0.2, 0) is 11.3 Å². The lowest BCUT2D eigenvalue weighted by Crippen LogP contribution is -2.24. The number of carbonyl (C=O) groups is 1. The van der Waals surface area contributed by atoms with Crippen molar-refractivity contribution >= 4 is 28.4 Å². The monoisotopic (exact) mass is 367 g/mol. The number of ether oxygens (including phenoxy) is 2. The summed E-state index contributed by atoms with van der Waals surface area (Å²) in [6.45, 7) is 0.456. The highest BCUT2D eigenvalue weighted by atomic mass is 32.2. The average Bonchev–Trinajstić information content (AvgIpc) is 2.70. The summed E-state index contributed by atoms with van der Waals surface area (Å²) in [5, 5.41) is 5.33. The number of amides is 1. The number of hydrogen-bond acceptors (Lipinski definition) is 4. The second-order valence-corrected chi connectivity index (χ2v) is 6.81. The molecular formula is C21H21NO3S. The van der Waals surface area contributed by atoms with Crippen molar-refractivity contribution in [1.82, 2.24) is 5.32 Å². The lowest BCUT2D eigenvalue weighted by Gasteiger charge is -2.10. The third-order valence-electron chi connectivity index (χ3n) is 4.03. The van der Waals surface area contributed by atoms with E-state index in [9.17, 15) is 4.79 Å². The SMILES string of the molecule is COc1ccc(CNC(=O)CSc2ccc3ccccc3c2)cc1OC. The molecule has 0 aromatic heterocycles. The van der Waals surface area contributed by atoms with E-state index in [2.05, 4.69) is 35.6 Å². The van der Waals surface area contributed by atoms with Gasteiger partial charge in [-0.2, -0.15) is 0 Å². The summed E-state index contributed by atoms with van der Waals surface area (Å²) in [5.74, 6) is 1.71. The van der Waals surface area contributed by atoms with E-state index in [1.54, 1.807) is 14.2 Å². The van der Waals surface area contributed by atoms with Crippen LogP contribution in [0.15, 0.2) is 65.6 Å². The third-order valence-corrected chi connectivity index (χ3v) is 5.02. The van der Waals surface area contributed by atoms with Gasteiger partial charge in [-0.05, 0) is 40.6 Å². The fraction of sp³-hybridized carbons (Fsp3) is 0.190. The summed E-state index contributed by atoms with van der Waals surface area (Å²) in [6, 6.07) is 20.1. The zero-order valence-electron chi connectivity index (χ0n) is 14.8. The van der Waals surface area contributed by atoms with Gasteiger partial charge in [-0.15, -0.1) is 11.8 Å². The molecule has 0 saturated carbocycles. The molecule has 0 spiro atoms. The predicted molar refractivity (Wildman–Crippen MR) is 106 cm³/mol. The zero-order valence-corrected chi connectivity index (χ0v) is 15.6. The first kappa shape index (κ1) is 18.1. The van der Waals surface area contributed by atoms with E-state index in [4.69, 9.17) is 9.47 Å². The van der Waals surface area contributed by atoms with Crippen molar-refractivity contribution in [1.29, 1.82) is 0 Å². The van der Waals surface area contributed by atoms with Gasteiger partial charge < -0.3 is 14.8 Å². The van der Waals surface area contributed by atoms with Gasteiger partial charge in [0.05, 0.1) is 20.0 Å². The summed E-state index contributed by atoms with van der Waals surface area (Å²) in [6.07, 6.45) is 0. The molecule has 0 saturated heterocycles. The number of carbonyl (C=O) groups excluding carboxylic acids is 1. The molecule has 0 fully saturated rings. The van der Waals surface area contributed by atoms with Gasteiger partial charge >= 0.3 is 0 Å². The lowest BCUT2D eigenvalue weighted by molar-refractivity contribution is -0.118. The van der Waals surface area contributed by atoms with Crippen molar-refractivity contribution in [2.45, 2.75) is 11.4 Å². The Morgan fingerprint density at radius 1 is 0.923 bits per heavy atom. The van der Waals surface area contributed by atoms with Crippen LogP contribution in [0.25, 0.3) is 10.8 Å². The van der Waals surface area contributed by atoms with Crippen LogP contribution in [-0.4, -0.2) is 25.9 Å². The Hall–Kier alpha value is -2.66. The number of hydrogen-bond donors (Lipinski definition) is 1. The number of benzene rings is 3. The molecule has 26 heavy (non-hydrogen) atoms. The highest BCUT2D eigenvalue weighted by molar-refractivity contribution is 8.00. The maximum Gasteiger partial charge on any atom is 0.230 e. The van der Waals surface area contributed by atoms with E-state index in [-0.39, 0.29) is 5.91 Å². The maximum absolute atomic E-state index is 12.1. The first-order chi connectivity index (χ1) is 12.7. The fourth-order valence-electron chi connectivity index (χ4n) is 2.65. The van der Waals surface area contributed by atoms with Crippen LogP contribution in [0.4, 0.5) is 0 Å². The summed E-state index contributed by atoms with van der Waals surface area (Å²) in [5.41, 5.74) is 0.965. The molecular weight excluding hydrogens is 346 g/mol. The highest BCUT2D eigenvalue weighted by Crippen LogP contribution is 2.27. The van der Waals surface area contributed by atoms with Crippen molar-refractivity contribution < 1.29 is 14.3 Å². The minimum atomic E-state index is -0.00190. The summed E-state index contributed by atoms with van der Waals surface area (Å²) in [4.78, 5) is 13.2. The number of fused-ring (bicyclic) bond motifs is 1. The zero-order chi connectivity index (χ0) is 18.4. The topological polar surface area (TPSA) is 47.6 Å². The van der Waals surface area contributed by atoms with Crippen LogP contribution >= 0.6 is 11.8 Å². The van der Waals surface area contributed by atoms with E-state index in [0.717, 1.165) is 10.5 Å². The van der Waals surface area contributed by atoms with Crippen molar-refractivity contribution in [3.63, 3.8) is 0 Å². The highest BCUT2D eigenvalue weighted by Gasteiger charge is 2.07. The van der Waals surface area contributed by atoms with E-state index < -0.39 is 0 Å². The van der Waals surface area contributed by atoms with Crippen molar-refractivity contribution in [3.05, 3.63) is 66.2 Å². The van der Waals surface area contributed by atoms with Gasteiger partial charge in [0.2, 0.25) is 5.91 Å². The van der Waals surface area contributed by atoms with Gasteiger partial charge in [0.1, 0.15) is 0 Å². The second kappa shape index (κ2) is 8.63. The van der Waals surface area contributed by atoms with Crippen molar-refractivity contribution in [2.75, 3.05) is 20.0 Å². The van der Waals surface area contributed by atoms with Gasteiger partial charge in [0.25, 0.3) is 0 Å². The Morgan fingerprint density at radius 3 is 2.46 bits per heavy atom. The number of methoxy groups -OCH3 is 2. The van der Waals surface area contributed by atoms with Gasteiger partial charge in [-0.3, -0.25) is 4.79 Å². The fourth-order valence-corrected chi connectivity index (χ4v) is 3.42. The van der Waals surface area contributed by atoms with Crippen LogP contribution in [0, 0.1) is 0 Å². The molecule has 134 valence electrons. The Labute approximate surface area is 157 Å². The Bertz CT molecular complexity index is 911. The van der Waals surface area contributed by atoms with E-state index >= 15 is 0 Å². The Kier molecular flexibility index (Phi) is 6.02. The minimum absolute atomic E-state index is 0.00190. The maximum atomic E-state index is 12.1. The standard InChI is InChI=1S/C21H21NO3S/c1-24-19-10-7-15(11-20(19)25-2)13-22-21(23)14-26-18-9-8-16-5-3-4-6-17(16)12-18/h3-12H,13-14H2,1-2H3,(H,22,23). The molecule has 4 nitrogen and oxygen atoms in total. The van der Waals surface area contributed by atoms with Crippen LogP contribution < -0.4 is 14.8 Å². The molecule has 3 aromatic rings. The molecule has 0 unspecified atom stereocenters.